The SMILES string of the molecule is N#Cc1cncc(COc2cc(O[C@H]3CCc4c(-c5cccc(OCCCN6CCC(F)CC6)c5C(F)(F)F)cccc43)c(Cl)cc2CNCC2CCC(=O)N2)c1. The van der Waals surface area contributed by atoms with Gasteiger partial charge in [-0.25, -0.2) is 4.39 Å². The standard InChI is InChI=1S/C43H44ClF4N5O4/c44-36-19-29(24-51-25-31-8-11-41(54)52-31)39(56-26-28-18-27(21-49)22-50-23-28)20-40(36)57-37-10-9-33-32(4-1-5-34(33)37)35-6-2-7-38(42(35)43(46,47)48)55-17-3-14-53-15-12-30(45)13-16-53/h1-2,4-7,18-20,22-23,30-31,37,51H,3,8-17,24-26H2,(H,52,54)/t31?,37-/m0/s1. The summed E-state index contributed by atoms with van der Waals surface area (Å²) in [6.45, 7) is 3.08. The van der Waals surface area contributed by atoms with Crippen LogP contribution in [-0.4, -0.2) is 60.8 Å². The third-order valence-corrected chi connectivity index (χ3v) is 11.0. The minimum Gasteiger partial charge on any atom is -0.493 e. The molecule has 2 fully saturated rings. The average molecular weight is 806 g/mol. The maximum atomic E-state index is 14.8. The highest BCUT2D eigenvalue weighted by Gasteiger charge is 2.39. The molecule has 1 aromatic heterocycles. The molecule has 57 heavy (non-hydrogen) atoms. The molecule has 0 saturated carbocycles. The molecule has 2 atom stereocenters. The predicted molar refractivity (Wildman–Crippen MR) is 207 cm³/mol. The number of hydrogen-bond donors (Lipinski definition) is 2. The summed E-state index contributed by atoms with van der Waals surface area (Å²) in [6, 6.07) is 17.0. The van der Waals surface area contributed by atoms with Crippen LogP contribution in [-0.2, 0) is 30.5 Å². The number of piperidine rings is 1. The Balaban J connectivity index is 1.10. The monoisotopic (exact) mass is 805 g/mol. The zero-order valence-electron chi connectivity index (χ0n) is 31.3. The molecule has 1 aliphatic carbocycles. The van der Waals surface area contributed by atoms with Crippen LogP contribution in [0.15, 0.2) is 67.0 Å². The van der Waals surface area contributed by atoms with Crippen molar-refractivity contribution in [2.24, 2.45) is 0 Å². The number of likely N-dealkylation sites (tertiary alicyclic amines) is 1. The molecular formula is C43H44ClF4N5O4. The van der Waals surface area contributed by atoms with E-state index in [1.54, 1.807) is 42.6 Å². The number of nitrogens with one attached hydrogen (secondary N) is 2. The van der Waals surface area contributed by atoms with Crippen molar-refractivity contribution in [2.45, 2.75) is 82.6 Å². The van der Waals surface area contributed by atoms with Gasteiger partial charge in [-0.1, -0.05) is 41.9 Å². The van der Waals surface area contributed by atoms with E-state index in [4.69, 9.17) is 25.8 Å². The van der Waals surface area contributed by atoms with Crippen molar-refractivity contribution >= 4 is 17.5 Å². The first-order chi connectivity index (χ1) is 27.6. The molecular weight excluding hydrogens is 762 g/mol. The van der Waals surface area contributed by atoms with Crippen LogP contribution < -0.4 is 24.8 Å². The maximum absolute atomic E-state index is 14.8. The summed E-state index contributed by atoms with van der Waals surface area (Å²) in [5, 5.41) is 16.0. The summed E-state index contributed by atoms with van der Waals surface area (Å²) in [7, 11) is 0. The Kier molecular flexibility index (Phi) is 12.8. The lowest BCUT2D eigenvalue weighted by Crippen LogP contribution is -2.35. The molecule has 9 nitrogen and oxygen atoms in total. The summed E-state index contributed by atoms with van der Waals surface area (Å²) in [5.74, 6) is 0.652. The number of alkyl halides is 4. The molecule has 0 spiro atoms. The zero-order valence-corrected chi connectivity index (χ0v) is 32.1. The van der Waals surface area contributed by atoms with Crippen molar-refractivity contribution < 1.29 is 36.6 Å². The van der Waals surface area contributed by atoms with E-state index in [1.807, 2.05) is 6.07 Å². The van der Waals surface area contributed by atoms with Crippen LogP contribution in [0.4, 0.5) is 17.6 Å². The number of benzene rings is 3. The van der Waals surface area contributed by atoms with Gasteiger partial charge in [0, 0.05) is 74.8 Å². The summed E-state index contributed by atoms with van der Waals surface area (Å²) in [4.78, 5) is 17.9. The lowest BCUT2D eigenvalue weighted by atomic mass is 9.92. The summed E-state index contributed by atoms with van der Waals surface area (Å²) in [6.07, 6.45) is 0.845. The maximum Gasteiger partial charge on any atom is 0.420 e. The van der Waals surface area contributed by atoms with Gasteiger partial charge in [-0.15, -0.1) is 0 Å². The predicted octanol–water partition coefficient (Wildman–Crippen LogP) is 8.51. The number of halogens is 5. The van der Waals surface area contributed by atoms with Gasteiger partial charge in [0.1, 0.15) is 47.8 Å². The van der Waals surface area contributed by atoms with E-state index in [9.17, 15) is 27.6 Å². The Labute approximate surface area is 334 Å². The lowest BCUT2D eigenvalue weighted by molar-refractivity contribution is -0.138. The van der Waals surface area contributed by atoms with Gasteiger partial charge in [0.25, 0.3) is 0 Å². The van der Waals surface area contributed by atoms with E-state index in [0.29, 0.717) is 104 Å². The Bertz CT molecular complexity index is 2100. The minimum absolute atomic E-state index is 0.0254. The van der Waals surface area contributed by atoms with E-state index in [-0.39, 0.29) is 36.5 Å². The van der Waals surface area contributed by atoms with E-state index < -0.39 is 24.0 Å². The smallest absolute Gasteiger partial charge is 0.420 e. The van der Waals surface area contributed by atoms with Crippen molar-refractivity contribution in [2.75, 3.05) is 32.8 Å². The molecule has 2 aliphatic heterocycles. The molecule has 7 rings (SSSR count). The fourth-order valence-electron chi connectivity index (χ4n) is 7.85. The first-order valence-corrected chi connectivity index (χ1v) is 19.7. The van der Waals surface area contributed by atoms with Crippen LogP contribution in [0.2, 0.25) is 5.02 Å². The van der Waals surface area contributed by atoms with Crippen molar-refractivity contribution in [1.82, 2.24) is 20.5 Å². The van der Waals surface area contributed by atoms with E-state index in [0.717, 1.165) is 23.1 Å². The van der Waals surface area contributed by atoms with Crippen molar-refractivity contribution in [3.63, 3.8) is 0 Å². The summed E-state index contributed by atoms with van der Waals surface area (Å²) < 4.78 is 76.6. The molecule has 1 amide bonds. The molecule has 4 aromatic rings. The quantitative estimate of drug-likeness (QED) is 0.0910. The number of nitriles is 1. The topological polar surface area (TPSA) is 109 Å². The van der Waals surface area contributed by atoms with Crippen molar-refractivity contribution in [3.05, 3.63) is 105 Å². The highest BCUT2D eigenvalue weighted by molar-refractivity contribution is 6.32. The molecule has 300 valence electrons. The zero-order chi connectivity index (χ0) is 39.9. The molecule has 2 N–H and O–H groups in total. The molecule has 2 saturated heterocycles. The largest absolute Gasteiger partial charge is 0.493 e. The Morgan fingerprint density at radius 2 is 1.77 bits per heavy atom. The molecule has 3 aliphatic rings. The van der Waals surface area contributed by atoms with Crippen LogP contribution in [0, 0.1) is 11.3 Å². The molecule has 14 heteroatoms. The van der Waals surface area contributed by atoms with E-state index in [1.165, 1.54) is 18.3 Å². The number of amides is 1. The van der Waals surface area contributed by atoms with Gasteiger partial charge in [-0.05, 0) is 79.0 Å². The molecule has 3 aromatic carbocycles. The number of fused-ring (bicyclic) bond motifs is 1. The molecule has 1 unspecified atom stereocenters. The van der Waals surface area contributed by atoms with Crippen LogP contribution in [0.25, 0.3) is 11.1 Å². The number of hydrogen-bond acceptors (Lipinski definition) is 8. The van der Waals surface area contributed by atoms with Gasteiger partial charge >= 0.3 is 6.18 Å². The average Bonchev–Trinajstić information content (AvgIpc) is 3.82. The van der Waals surface area contributed by atoms with Gasteiger partial charge < -0.3 is 29.7 Å². The van der Waals surface area contributed by atoms with Gasteiger partial charge in [0.2, 0.25) is 5.91 Å². The van der Waals surface area contributed by atoms with Crippen LogP contribution in [0.3, 0.4) is 0 Å². The lowest BCUT2D eigenvalue weighted by Gasteiger charge is -2.28. The Morgan fingerprint density at radius 3 is 2.54 bits per heavy atom. The first kappa shape index (κ1) is 40.3. The second-order valence-electron chi connectivity index (χ2n) is 14.7. The number of pyridine rings is 1. The molecule has 0 bridgehead atoms. The second-order valence-corrected chi connectivity index (χ2v) is 15.1. The number of rotatable bonds is 15. The van der Waals surface area contributed by atoms with Gasteiger partial charge in [0.05, 0.1) is 17.2 Å². The van der Waals surface area contributed by atoms with Gasteiger partial charge in [0.15, 0.2) is 0 Å². The third-order valence-electron chi connectivity index (χ3n) is 10.7. The van der Waals surface area contributed by atoms with E-state index in [2.05, 4.69) is 26.6 Å². The van der Waals surface area contributed by atoms with Gasteiger partial charge in [-0.2, -0.15) is 18.4 Å². The fourth-order valence-corrected chi connectivity index (χ4v) is 8.08. The molecule has 0 radical (unpaired) electrons. The van der Waals surface area contributed by atoms with Crippen molar-refractivity contribution in [3.8, 4) is 34.4 Å². The fraction of sp³-hybridized carbons (Fsp3) is 0.419. The van der Waals surface area contributed by atoms with Crippen LogP contribution >= 0.6 is 11.6 Å². The number of carbonyl (C=O) groups is 1. The van der Waals surface area contributed by atoms with Crippen LogP contribution in [0.1, 0.15) is 78.0 Å². The van der Waals surface area contributed by atoms with Gasteiger partial charge in [-0.3, -0.25) is 9.78 Å². The second kappa shape index (κ2) is 18.1. The summed E-state index contributed by atoms with van der Waals surface area (Å²) >= 11 is 6.84. The normalized spacial score (nSPS) is 18.6. The van der Waals surface area contributed by atoms with Crippen molar-refractivity contribution in [1.29, 1.82) is 5.26 Å². The number of nitrogens with zero attached hydrogens (tertiary/aromatic N) is 3. The highest BCUT2D eigenvalue weighted by Crippen LogP contribution is 2.47. The minimum atomic E-state index is -4.68. The molecule has 3 heterocycles. The number of aromatic nitrogens is 1. The summed E-state index contributed by atoms with van der Waals surface area (Å²) in [5.41, 5.74) is 3.07. The third kappa shape index (κ3) is 9.98. The Hall–Kier alpha value is -4.90. The Morgan fingerprint density at radius 1 is 0.965 bits per heavy atom. The number of carbonyl (C=O) groups excluding carboxylic acids is 1. The first-order valence-electron chi connectivity index (χ1n) is 19.3. The van der Waals surface area contributed by atoms with E-state index >= 15 is 0 Å². The number of ether oxygens (including phenoxy) is 3. The highest BCUT2D eigenvalue weighted by atomic mass is 35.5. The van der Waals surface area contributed by atoms with Crippen LogP contribution in [0.5, 0.6) is 17.2 Å².